The lowest BCUT2D eigenvalue weighted by Gasteiger charge is -2.24. The minimum absolute atomic E-state index is 0.736. The van der Waals surface area contributed by atoms with Crippen LogP contribution in [0.4, 0.5) is 35.1 Å². The Morgan fingerprint density at radius 1 is 0.800 bits per heavy atom. The molecule has 1 aliphatic carbocycles. The summed E-state index contributed by atoms with van der Waals surface area (Å²) in [6.45, 7) is 0. The highest BCUT2D eigenvalue weighted by atomic mass is 19.2. The third-order valence-corrected chi connectivity index (χ3v) is 3.65. The first-order chi connectivity index (χ1) is 11.7. The number of ether oxygens (including phenoxy) is 2. The molecule has 138 valence electrons. The number of rotatable bonds is 4. The summed E-state index contributed by atoms with van der Waals surface area (Å²) in [7, 11) is 1.52. The van der Waals surface area contributed by atoms with Crippen molar-refractivity contribution in [3.8, 4) is 5.75 Å². The Hall–Kier alpha value is -2.10. The highest BCUT2D eigenvalue weighted by molar-refractivity contribution is 5.44. The van der Waals surface area contributed by atoms with Crippen LogP contribution in [-0.2, 0) is 11.2 Å². The van der Waals surface area contributed by atoms with Crippen LogP contribution in [0.1, 0.15) is 5.56 Å². The predicted octanol–water partition coefficient (Wildman–Crippen LogP) is 4.54. The molecule has 0 bridgehead atoms. The van der Waals surface area contributed by atoms with E-state index in [4.69, 9.17) is 0 Å². The van der Waals surface area contributed by atoms with Crippen LogP contribution in [0.25, 0.3) is 0 Å². The van der Waals surface area contributed by atoms with Crippen molar-refractivity contribution in [2.24, 2.45) is 0 Å². The number of alkyl halides is 1. The van der Waals surface area contributed by atoms with E-state index in [2.05, 4.69) is 9.47 Å². The largest absolute Gasteiger partial charge is 0.491 e. The number of hydrogen-bond acceptors (Lipinski definition) is 2. The summed E-state index contributed by atoms with van der Waals surface area (Å²) in [5, 5.41) is 0. The van der Waals surface area contributed by atoms with Crippen molar-refractivity contribution in [1.82, 2.24) is 0 Å². The number of methoxy groups -OCH3 is 2. The van der Waals surface area contributed by atoms with Gasteiger partial charge in [-0.15, -0.1) is 0 Å². The van der Waals surface area contributed by atoms with Crippen LogP contribution in [0.15, 0.2) is 23.1 Å². The molecule has 2 nitrogen and oxygen atoms in total. The molecule has 0 radical (unpaired) electrons. The van der Waals surface area contributed by atoms with Crippen molar-refractivity contribution in [2.75, 3.05) is 14.2 Å². The molecule has 0 amide bonds. The second kappa shape index (κ2) is 7.03. The molecule has 0 fully saturated rings. The molecule has 0 heterocycles. The molecule has 0 N–H and O–H groups in total. The Morgan fingerprint density at radius 3 is 1.76 bits per heavy atom. The van der Waals surface area contributed by atoms with Crippen LogP contribution in [-0.4, -0.2) is 26.5 Å². The van der Waals surface area contributed by atoms with Crippen molar-refractivity contribution in [2.45, 2.75) is 18.7 Å². The van der Waals surface area contributed by atoms with E-state index in [-0.39, 0.29) is 0 Å². The summed E-state index contributed by atoms with van der Waals surface area (Å²) in [5.41, 5.74) is -2.87. The smallest absolute Gasteiger partial charge is 0.204 e. The molecule has 1 aromatic rings. The number of hydrogen-bond donors (Lipinski definition) is 0. The molecular formula is C15H10F8O2. The summed E-state index contributed by atoms with van der Waals surface area (Å²) in [6.07, 6.45) is -6.49. The predicted molar refractivity (Wildman–Crippen MR) is 69.6 cm³/mol. The second-order valence-corrected chi connectivity index (χ2v) is 4.99. The highest BCUT2D eigenvalue weighted by Gasteiger charge is 2.41. The summed E-state index contributed by atoms with van der Waals surface area (Å²) in [5.74, 6) is -15.0. The maximum absolute atomic E-state index is 13.9. The van der Waals surface area contributed by atoms with Gasteiger partial charge in [0.2, 0.25) is 11.6 Å². The lowest BCUT2D eigenvalue weighted by Crippen LogP contribution is -2.31. The first-order valence-corrected chi connectivity index (χ1v) is 6.67. The van der Waals surface area contributed by atoms with Crippen LogP contribution in [0, 0.1) is 23.3 Å². The summed E-state index contributed by atoms with van der Waals surface area (Å²) in [4.78, 5) is 0. The third kappa shape index (κ3) is 2.99. The van der Waals surface area contributed by atoms with Crippen molar-refractivity contribution in [3.05, 3.63) is 51.9 Å². The standard InChI is InChI=1S/C15H10F8O2/c1-24-14-10(20)6(16)4(7(17)11(14)21)3-5-8(18)12(22)15(25-2)13(23)9(5)19/h10,14H,3H2,1-2H3. The van der Waals surface area contributed by atoms with E-state index in [1.54, 1.807) is 0 Å². The van der Waals surface area contributed by atoms with E-state index in [1.807, 2.05) is 0 Å². The van der Waals surface area contributed by atoms with Gasteiger partial charge in [-0.25, -0.2) is 26.3 Å². The normalized spacial score (nSPS) is 21.2. The van der Waals surface area contributed by atoms with E-state index in [0.29, 0.717) is 0 Å². The molecule has 25 heavy (non-hydrogen) atoms. The molecule has 2 unspecified atom stereocenters. The van der Waals surface area contributed by atoms with Gasteiger partial charge in [0.25, 0.3) is 0 Å². The van der Waals surface area contributed by atoms with Gasteiger partial charge in [-0.3, -0.25) is 0 Å². The van der Waals surface area contributed by atoms with Gasteiger partial charge in [-0.1, -0.05) is 0 Å². The van der Waals surface area contributed by atoms with Gasteiger partial charge in [-0.05, 0) is 0 Å². The average molecular weight is 374 g/mol. The molecule has 2 rings (SSSR count). The molecule has 2 atom stereocenters. The average Bonchev–Trinajstić information content (AvgIpc) is 2.59. The topological polar surface area (TPSA) is 18.5 Å². The van der Waals surface area contributed by atoms with E-state index >= 15 is 0 Å². The third-order valence-electron chi connectivity index (χ3n) is 3.65. The Balaban J connectivity index is 2.59. The van der Waals surface area contributed by atoms with Crippen molar-refractivity contribution >= 4 is 0 Å². The SMILES string of the molecule is COc1c(F)c(F)c(CC2=C(F)C(F)C(OC)C(F)=C2F)c(F)c1F. The van der Waals surface area contributed by atoms with E-state index in [1.165, 1.54) is 0 Å². The van der Waals surface area contributed by atoms with Crippen LogP contribution in [0.5, 0.6) is 5.75 Å². The van der Waals surface area contributed by atoms with Gasteiger partial charge in [0.1, 0.15) is 11.9 Å². The van der Waals surface area contributed by atoms with Crippen molar-refractivity contribution < 1.29 is 44.6 Å². The van der Waals surface area contributed by atoms with E-state index < -0.39 is 76.3 Å². The van der Waals surface area contributed by atoms with Gasteiger partial charge >= 0.3 is 0 Å². The molecule has 0 aliphatic heterocycles. The molecule has 0 saturated carbocycles. The molecule has 0 saturated heterocycles. The molecule has 1 aromatic carbocycles. The number of benzene rings is 1. The number of allylic oxidation sites excluding steroid dienone is 2. The first kappa shape index (κ1) is 19.2. The van der Waals surface area contributed by atoms with Crippen LogP contribution < -0.4 is 4.74 Å². The van der Waals surface area contributed by atoms with E-state index in [0.717, 1.165) is 14.2 Å². The molecule has 0 aromatic heterocycles. The molecular weight excluding hydrogens is 364 g/mol. The Morgan fingerprint density at radius 2 is 1.32 bits per heavy atom. The van der Waals surface area contributed by atoms with Crippen molar-refractivity contribution in [3.63, 3.8) is 0 Å². The van der Waals surface area contributed by atoms with Crippen LogP contribution in [0.3, 0.4) is 0 Å². The minimum atomic E-state index is -2.79. The molecule has 10 heteroatoms. The lowest BCUT2D eigenvalue weighted by atomic mass is 9.93. The van der Waals surface area contributed by atoms with Gasteiger partial charge in [0, 0.05) is 24.7 Å². The Labute approximate surface area is 136 Å². The van der Waals surface area contributed by atoms with Gasteiger partial charge in [-0.2, -0.15) is 8.78 Å². The fraction of sp³-hybridized carbons (Fsp3) is 0.333. The maximum Gasteiger partial charge on any atom is 0.204 e. The monoisotopic (exact) mass is 374 g/mol. The fourth-order valence-corrected chi connectivity index (χ4v) is 2.35. The van der Waals surface area contributed by atoms with Crippen LogP contribution >= 0.6 is 0 Å². The lowest BCUT2D eigenvalue weighted by molar-refractivity contribution is 0.0417. The van der Waals surface area contributed by atoms with E-state index in [9.17, 15) is 35.1 Å². The summed E-state index contributed by atoms with van der Waals surface area (Å²) in [6, 6.07) is 0. The molecule has 1 aliphatic rings. The first-order valence-electron chi connectivity index (χ1n) is 6.67. The zero-order chi connectivity index (χ0) is 19.0. The minimum Gasteiger partial charge on any atom is -0.491 e. The summed E-state index contributed by atoms with van der Waals surface area (Å²) >= 11 is 0. The number of halogens is 8. The van der Waals surface area contributed by atoms with Crippen molar-refractivity contribution in [1.29, 1.82) is 0 Å². The van der Waals surface area contributed by atoms with Crippen LogP contribution in [0.2, 0.25) is 0 Å². The quantitative estimate of drug-likeness (QED) is 0.569. The highest BCUT2D eigenvalue weighted by Crippen LogP contribution is 2.39. The Kier molecular flexibility index (Phi) is 5.40. The Bertz CT molecular complexity index is 742. The van der Waals surface area contributed by atoms with Gasteiger partial charge in [0.15, 0.2) is 35.2 Å². The summed E-state index contributed by atoms with van der Waals surface area (Å²) < 4.78 is 119. The fourth-order valence-electron chi connectivity index (χ4n) is 2.35. The second-order valence-electron chi connectivity index (χ2n) is 4.99. The van der Waals surface area contributed by atoms with Gasteiger partial charge < -0.3 is 9.47 Å². The molecule has 0 spiro atoms. The maximum atomic E-state index is 13.9. The van der Waals surface area contributed by atoms with Gasteiger partial charge in [0.05, 0.1) is 7.11 Å². The zero-order valence-electron chi connectivity index (χ0n) is 12.7. The zero-order valence-corrected chi connectivity index (χ0v) is 12.7.